The van der Waals surface area contributed by atoms with E-state index in [1.54, 1.807) is 6.07 Å². The molecule has 106 valence electrons. The first kappa shape index (κ1) is 14.4. The van der Waals surface area contributed by atoms with E-state index >= 15 is 0 Å². The highest BCUT2D eigenvalue weighted by atomic mass is 32.2. The van der Waals surface area contributed by atoms with E-state index in [1.807, 2.05) is 0 Å². The lowest BCUT2D eigenvalue weighted by Crippen LogP contribution is -2.14. The van der Waals surface area contributed by atoms with Crippen molar-refractivity contribution < 1.29 is 18.3 Å². The minimum Gasteiger partial charge on any atom is -0.477 e. The molecule has 2 heterocycles. The van der Waals surface area contributed by atoms with Gasteiger partial charge in [-0.1, -0.05) is 0 Å². The van der Waals surface area contributed by atoms with Crippen molar-refractivity contribution in [3.05, 3.63) is 48.0 Å². The molecule has 2 aromatic rings. The molecular weight excluding hydrogens is 296 g/mol. The molecule has 0 atom stereocenters. The van der Waals surface area contributed by atoms with Crippen molar-refractivity contribution >= 4 is 21.7 Å². The molecule has 2 rings (SSSR count). The number of rotatable bonds is 4. The summed E-state index contributed by atoms with van der Waals surface area (Å²) >= 11 is 0. The lowest BCUT2D eigenvalue weighted by atomic mass is 10.3. The summed E-state index contributed by atoms with van der Waals surface area (Å²) in [4.78, 5) is 17.9. The minimum atomic E-state index is -3.92. The molecule has 0 bridgehead atoms. The normalized spacial score (nSPS) is 10.6. The van der Waals surface area contributed by atoms with Crippen molar-refractivity contribution in [3.8, 4) is 6.07 Å². The first-order valence-electron chi connectivity index (χ1n) is 5.51. The third-order valence-electron chi connectivity index (χ3n) is 2.39. The van der Waals surface area contributed by atoms with E-state index in [-0.39, 0.29) is 22.0 Å². The molecule has 0 saturated carbocycles. The molecule has 0 fully saturated rings. The number of nitrogens with one attached hydrogen (secondary N) is 1. The van der Waals surface area contributed by atoms with Crippen LogP contribution in [-0.2, 0) is 10.0 Å². The van der Waals surface area contributed by atoms with Crippen LogP contribution in [0.3, 0.4) is 0 Å². The molecule has 9 heteroatoms. The van der Waals surface area contributed by atoms with Crippen molar-refractivity contribution in [2.24, 2.45) is 0 Å². The molecular formula is C12H8N4O4S. The van der Waals surface area contributed by atoms with Crippen LogP contribution in [0.1, 0.15) is 16.2 Å². The number of carboxylic acids is 1. The molecule has 2 aromatic heterocycles. The van der Waals surface area contributed by atoms with Crippen LogP contribution in [0.2, 0.25) is 0 Å². The largest absolute Gasteiger partial charge is 0.477 e. The molecule has 0 saturated heterocycles. The number of sulfonamides is 1. The second-order valence-electron chi connectivity index (χ2n) is 3.83. The smallest absolute Gasteiger partial charge is 0.354 e. The van der Waals surface area contributed by atoms with E-state index in [0.717, 1.165) is 12.3 Å². The monoisotopic (exact) mass is 304 g/mol. The maximum Gasteiger partial charge on any atom is 0.354 e. The second kappa shape index (κ2) is 5.56. The Kier molecular flexibility index (Phi) is 3.82. The molecule has 8 nitrogen and oxygen atoms in total. The third-order valence-corrected chi connectivity index (χ3v) is 3.76. The molecule has 0 aliphatic carbocycles. The Bertz CT molecular complexity index is 825. The van der Waals surface area contributed by atoms with Crippen LogP contribution in [0.4, 0.5) is 5.69 Å². The van der Waals surface area contributed by atoms with Gasteiger partial charge in [0.15, 0.2) is 0 Å². The van der Waals surface area contributed by atoms with E-state index in [9.17, 15) is 13.2 Å². The van der Waals surface area contributed by atoms with Gasteiger partial charge in [0.25, 0.3) is 10.0 Å². The van der Waals surface area contributed by atoms with Gasteiger partial charge in [-0.15, -0.1) is 0 Å². The molecule has 0 spiro atoms. The number of aromatic nitrogens is 2. The fourth-order valence-electron chi connectivity index (χ4n) is 1.43. The maximum atomic E-state index is 12.1. The number of nitrogens with zero attached hydrogens (tertiary/aromatic N) is 3. The summed E-state index contributed by atoms with van der Waals surface area (Å²) in [6.07, 6.45) is 2.22. The summed E-state index contributed by atoms with van der Waals surface area (Å²) < 4.78 is 26.4. The Morgan fingerprint density at radius 1 is 1.29 bits per heavy atom. The number of anilines is 1. The molecule has 0 radical (unpaired) electrons. The zero-order chi connectivity index (χ0) is 15.5. The van der Waals surface area contributed by atoms with E-state index in [1.165, 1.54) is 24.4 Å². The van der Waals surface area contributed by atoms with Gasteiger partial charge in [-0.2, -0.15) is 5.26 Å². The standard InChI is InChI=1S/C12H8N4O4S/c13-6-9-1-2-10(7-15-9)21(19,20)16-8-3-4-14-11(5-8)12(17)18/h1-5,7H,(H,14,16)(H,17,18). The highest BCUT2D eigenvalue weighted by Crippen LogP contribution is 2.15. The van der Waals surface area contributed by atoms with Gasteiger partial charge in [0.05, 0.1) is 5.69 Å². The molecule has 0 aliphatic heterocycles. The number of nitriles is 1. The third kappa shape index (κ3) is 3.31. The molecule has 0 aliphatic rings. The van der Waals surface area contributed by atoms with E-state index < -0.39 is 16.0 Å². The first-order chi connectivity index (χ1) is 9.92. The highest BCUT2D eigenvalue weighted by Gasteiger charge is 2.16. The lowest BCUT2D eigenvalue weighted by molar-refractivity contribution is 0.0690. The zero-order valence-corrected chi connectivity index (χ0v) is 11.2. The molecule has 0 aromatic carbocycles. The van der Waals surface area contributed by atoms with E-state index in [0.29, 0.717) is 0 Å². The van der Waals surface area contributed by atoms with Crippen LogP contribution in [-0.4, -0.2) is 29.5 Å². The van der Waals surface area contributed by atoms with Gasteiger partial charge in [-0.25, -0.2) is 23.2 Å². The van der Waals surface area contributed by atoms with Gasteiger partial charge in [-0.3, -0.25) is 4.72 Å². The predicted molar refractivity (Wildman–Crippen MR) is 71.0 cm³/mol. The topological polar surface area (TPSA) is 133 Å². The Morgan fingerprint density at radius 2 is 2.05 bits per heavy atom. The SMILES string of the molecule is N#Cc1ccc(S(=O)(=O)Nc2ccnc(C(=O)O)c2)cn1. The van der Waals surface area contributed by atoms with Gasteiger partial charge in [0.1, 0.15) is 22.4 Å². The Balaban J connectivity index is 2.30. The summed E-state index contributed by atoms with van der Waals surface area (Å²) in [5.74, 6) is -1.27. The van der Waals surface area contributed by atoms with Crippen molar-refractivity contribution in [3.63, 3.8) is 0 Å². The Hall–Kier alpha value is -2.99. The fraction of sp³-hybridized carbons (Fsp3) is 0. The minimum absolute atomic E-state index is 0.0618. The van der Waals surface area contributed by atoms with E-state index in [4.69, 9.17) is 10.4 Å². The van der Waals surface area contributed by atoms with Crippen molar-refractivity contribution in [2.45, 2.75) is 4.90 Å². The quantitative estimate of drug-likeness (QED) is 0.855. The van der Waals surface area contributed by atoms with Crippen molar-refractivity contribution in [2.75, 3.05) is 4.72 Å². The fourth-order valence-corrected chi connectivity index (χ4v) is 2.42. The number of carbonyl (C=O) groups is 1. The van der Waals surface area contributed by atoms with Crippen LogP contribution in [0.5, 0.6) is 0 Å². The van der Waals surface area contributed by atoms with Gasteiger partial charge in [0.2, 0.25) is 0 Å². The van der Waals surface area contributed by atoms with Gasteiger partial charge >= 0.3 is 5.97 Å². The average molecular weight is 304 g/mol. The Morgan fingerprint density at radius 3 is 2.62 bits per heavy atom. The van der Waals surface area contributed by atoms with Crippen LogP contribution in [0.25, 0.3) is 0 Å². The summed E-state index contributed by atoms with van der Waals surface area (Å²) in [6.45, 7) is 0. The van der Waals surface area contributed by atoms with Crippen molar-refractivity contribution in [1.29, 1.82) is 5.26 Å². The number of aromatic carboxylic acids is 1. The first-order valence-corrected chi connectivity index (χ1v) is 6.99. The molecule has 2 N–H and O–H groups in total. The van der Waals surface area contributed by atoms with Crippen LogP contribution in [0.15, 0.2) is 41.6 Å². The second-order valence-corrected chi connectivity index (χ2v) is 5.51. The van der Waals surface area contributed by atoms with Crippen LogP contribution >= 0.6 is 0 Å². The summed E-state index contributed by atoms with van der Waals surface area (Å²) in [7, 11) is -3.92. The summed E-state index contributed by atoms with van der Waals surface area (Å²) in [6, 6.07) is 6.69. The maximum absolute atomic E-state index is 12.1. The van der Waals surface area contributed by atoms with Gasteiger partial charge in [-0.05, 0) is 24.3 Å². The molecule has 0 amide bonds. The average Bonchev–Trinajstić information content (AvgIpc) is 2.47. The summed E-state index contributed by atoms with van der Waals surface area (Å²) in [5, 5.41) is 17.4. The number of pyridine rings is 2. The molecule has 21 heavy (non-hydrogen) atoms. The lowest BCUT2D eigenvalue weighted by Gasteiger charge is -2.08. The van der Waals surface area contributed by atoms with Crippen LogP contribution in [0, 0.1) is 11.3 Å². The number of hydrogen-bond donors (Lipinski definition) is 2. The van der Waals surface area contributed by atoms with Gasteiger partial charge < -0.3 is 5.11 Å². The van der Waals surface area contributed by atoms with Crippen molar-refractivity contribution in [1.82, 2.24) is 9.97 Å². The Labute approximate surface area is 119 Å². The highest BCUT2D eigenvalue weighted by molar-refractivity contribution is 7.92. The predicted octanol–water partition coefficient (Wildman–Crippen LogP) is 0.847. The van der Waals surface area contributed by atoms with E-state index in [2.05, 4.69) is 14.7 Å². The molecule has 0 unspecified atom stereocenters. The number of hydrogen-bond acceptors (Lipinski definition) is 6. The number of carboxylic acid groups (broad SMARTS) is 1. The zero-order valence-electron chi connectivity index (χ0n) is 10.4. The van der Waals surface area contributed by atoms with Crippen LogP contribution < -0.4 is 4.72 Å². The van der Waals surface area contributed by atoms with Gasteiger partial charge in [0, 0.05) is 12.4 Å². The summed E-state index contributed by atoms with van der Waals surface area (Å²) in [5.41, 5.74) is -0.133.